The Bertz CT molecular complexity index is 344. The van der Waals surface area contributed by atoms with E-state index in [0.29, 0.717) is 5.92 Å². The average molecular weight is 208 g/mol. The molecule has 0 aromatic carbocycles. The van der Waals surface area contributed by atoms with Gasteiger partial charge in [0.05, 0.1) is 22.2 Å². The van der Waals surface area contributed by atoms with Gasteiger partial charge in [-0.1, -0.05) is 13.8 Å². The van der Waals surface area contributed by atoms with Gasteiger partial charge >= 0.3 is 0 Å². The molecule has 76 valence electrons. The van der Waals surface area contributed by atoms with Crippen LogP contribution in [0.3, 0.4) is 0 Å². The minimum Gasteiger partial charge on any atom is -0.246 e. The Balaban J connectivity index is 2.75. The second-order valence-corrected chi connectivity index (χ2v) is 5.44. The van der Waals surface area contributed by atoms with Gasteiger partial charge in [-0.2, -0.15) is 5.26 Å². The number of rotatable bonds is 3. The fourth-order valence-electron chi connectivity index (χ4n) is 1.09. The van der Waals surface area contributed by atoms with Crippen molar-refractivity contribution in [1.82, 2.24) is 4.98 Å². The van der Waals surface area contributed by atoms with Crippen molar-refractivity contribution in [2.75, 3.05) is 0 Å². The zero-order valence-corrected chi connectivity index (χ0v) is 9.98. The van der Waals surface area contributed by atoms with Crippen LogP contribution >= 0.6 is 11.3 Å². The monoisotopic (exact) mass is 208 g/mol. The Hall–Kier alpha value is -0.880. The minimum absolute atomic E-state index is 0.300. The molecular formula is C11H16N2S. The Morgan fingerprint density at radius 3 is 2.64 bits per heavy atom. The van der Waals surface area contributed by atoms with E-state index in [2.05, 4.69) is 30.3 Å². The second-order valence-electron chi connectivity index (χ2n) is 4.49. The van der Waals surface area contributed by atoms with Crippen LogP contribution in [0.15, 0.2) is 5.38 Å². The average Bonchev–Trinajstić information content (AvgIpc) is 2.52. The molecule has 0 saturated heterocycles. The maximum absolute atomic E-state index is 8.90. The van der Waals surface area contributed by atoms with Gasteiger partial charge in [0.25, 0.3) is 0 Å². The molecule has 0 amide bonds. The number of hydrogen-bond acceptors (Lipinski definition) is 3. The first kappa shape index (κ1) is 11.2. The van der Waals surface area contributed by atoms with Crippen LogP contribution in [0.2, 0.25) is 0 Å². The zero-order valence-electron chi connectivity index (χ0n) is 9.16. The first-order chi connectivity index (χ1) is 6.44. The molecule has 0 aliphatic carbocycles. The second kappa shape index (κ2) is 4.10. The lowest BCUT2D eigenvalue weighted by Crippen LogP contribution is -2.11. The SMILES string of the molecule is CC(C)c1csc(CC(C)(C)C#N)n1. The van der Waals surface area contributed by atoms with Crippen LogP contribution in [-0.2, 0) is 6.42 Å². The first-order valence-corrected chi connectivity index (χ1v) is 5.68. The molecule has 0 bridgehead atoms. The molecule has 0 unspecified atom stereocenters. The summed E-state index contributed by atoms with van der Waals surface area (Å²) in [4.78, 5) is 4.51. The molecule has 0 aliphatic rings. The van der Waals surface area contributed by atoms with E-state index in [-0.39, 0.29) is 5.41 Å². The van der Waals surface area contributed by atoms with Gasteiger partial charge in [-0.15, -0.1) is 11.3 Å². The summed E-state index contributed by atoms with van der Waals surface area (Å²) < 4.78 is 0. The molecule has 2 nitrogen and oxygen atoms in total. The molecule has 1 aromatic heterocycles. The lowest BCUT2D eigenvalue weighted by atomic mass is 9.92. The summed E-state index contributed by atoms with van der Waals surface area (Å²) in [6.07, 6.45) is 0.751. The van der Waals surface area contributed by atoms with Crippen LogP contribution in [-0.4, -0.2) is 4.98 Å². The summed E-state index contributed by atoms with van der Waals surface area (Å²) in [6.45, 7) is 8.16. The number of thiazole rings is 1. The van der Waals surface area contributed by atoms with Gasteiger partial charge in [0.2, 0.25) is 0 Å². The molecule has 1 rings (SSSR count). The molecule has 0 aliphatic heterocycles. The fourth-order valence-corrected chi connectivity index (χ4v) is 2.27. The minimum atomic E-state index is -0.300. The van der Waals surface area contributed by atoms with Crippen LogP contribution in [0.5, 0.6) is 0 Å². The predicted octanol–water partition coefficient (Wildman–Crippen LogP) is 3.36. The Kier molecular flexibility index (Phi) is 3.28. The van der Waals surface area contributed by atoms with E-state index in [9.17, 15) is 0 Å². The number of nitriles is 1. The quantitative estimate of drug-likeness (QED) is 0.763. The summed E-state index contributed by atoms with van der Waals surface area (Å²) >= 11 is 1.66. The summed E-state index contributed by atoms with van der Waals surface area (Å²) in [5, 5.41) is 12.1. The summed E-state index contributed by atoms with van der Waals surface area (Å²) in [6, 6.07) is 2.29. The first-order valence-electron chi connectivity index (χ1n) is 4.80. The highest BCUT2D eigenvalue weighted by Crippen LogP contribution is 2.25. The van der Waals surface area contributed by atoms with Crippen LogP contribution in [0.25, 0.3) is 0 Å². The number of hydrogen-bond donors (Lipinski definition) is 0. The lowest BCUT2D eigenvalue weighted by molar-refractivity contribution is 0.491. The van der Waals surface area contributed by atoms with E-state index in [0.717, 1.165) is 17.1 Å². The molecule has 3 heteroatoms. The van der Waals surface area contributed by atoms with E-state index in [1.165, 1.54) is 0 Å². The summed E-state index contributed by atoms with van der Waals surface area (Å²) in [7, 11) is 0. The van der Waals surface area contributed by atoms with Gasteiger partial charge in [-0.3, -0.25) is 0 Å². The van der Waals surface area contributed by atoms with Gasteiger partial charge in [-0.05, 0) is 19.8 Å². The van der Waals surface area contributed by atoms with E-state index in [4.69, 9.17) is 5.26 Å². The highest BCUT2D eigenvalue weighted by Gasteiger charge is 2.19. The maximum atomic E-state index is 8.90. The van der Waals surface area contributed by atoms with Gasteiger partial charge in [0.1, 0.15) is 0 Å². The van der Waals surface area contributed by atoms with E-state index < -0.39 is 0 Å². The topological polar surface area (TPSA) is 36.7 Å². The van der Waals surface area contributed by atoms with Crippen molar-refractivity contribution in [2.24, 2.45) is 5.41 Å². The molecule has 0 radical (unpaired) electrons. The molecule has 0 fully saturated rings. The van der Waals surface area contributed by atoms with Crippen molar-refractivity contribution in [2.45, 2.75) is 40.0 Å². The number of nitrogens with zero attached hydrogens (tertiary/aromatic N) is 2. The van der Waals surface area contributed by atoms with Crippen LogP contribution in [0.1, 0.15) is 44.3 Å². The largest absolute Gasteiger partial charge is 0.246 e. The van der Waals surface area contributed by atoms with Crippen molar-refractivity contribution >= 4 is 11.3 Å². The fraction of sp³-hybridized carbons (Fsp3) is 0.636. The molecule has 1 heterocycles. The molecule has 0 N–H and O–H groups in total. The summed E-state index contributed by atoms with van der Waals surface area (Å²) in [5.41, 5.74) is 0.838. The van der Waals surface area contributed by atoms with Crippen LogP contribution < -0.4 is 0 Å². The molecule has 1 aromatic rings. The van der Waals surface area contributed by atoms with Crippen molar-refractivity contribution in [3.8, 4) is 6.07 Å². The van der Waals surface area contributed by atoms with Crippen molar-refractivity contribution < 1.29 is 0 Å². The van der Waals surface area contributed by atoms with Crippen LogP contribution in [0.4, 0.5) is 0 Å². The highest BCUT2D eigenvalue weighted by molar-refractivity contribution is 7.09. The van der Waals surface area contributed by atoms with Crippen molar-refractivity contribution in [1.29, 1.82) is 5.26 Å². The normalized spacial score (nSPS) is 11.7. The maximum Gasteiger partial charge on any atom is 0.0944 e. The Morgan fingerprint density at radius 2 is 2.21 bits per heavy atom. The Morgan fingerprint density at radius 1 is 1.57 bits per heavy atom. The predicted molar refractivity (Wildman–Crippen MR) is 59.3 cm³/mol. The molecule has 0 saturated carbocycles. The van der Waals surface area contributed by atoms with Crippen molar-refractivity contribution in [3.63, 3.8) is 0 Å². The van der Waals surface area contributed by atoms with E-state index in [1.54, 1.807) is 11.3 Å². The smallest absolute Gasteiger partial charge is 0.0944 e. The van der Waals surface area contributed by atoms with Crippen LogP contribution in [0, 0.1) is 16.7 Å². The lowest BCUT2D eigenvalue weighted by Gasteiger charge is -2.11. The van der Waals surface area contributed by atoms with E-state index in [1.807, 2.05) is 13.8 Å². The van der Waals surface area contributed by atoms with Gasteiger partial charge < -0.3 is 0 Å². The zero-order chi connectivity index (χ0) is 10.8. The molecule has 0 atom stereocenters. The van der Waals surface area contributed by atoms with Gasteiger partial charge in [0.15, 0.2) is 0 Å². The van der Waals surface area contributed by atoms with Gasteiger partial charge in [0, 0.05) is 11.8 Å². The standard InChI is InChI=1S/C11H16N2S/c1-8(2)9-6-14-10(13-9)5-11(3,4)7-12/h6,8H,5H2,1-4H3. The molecule has 0 spiro atoms. The highest BCUT2D eigenvalue weighted by atomic mass is 32.1. The third kappa shape index (κ3) is 2.81. The van der Waals surface area contributed by atoms with E-state index >= 15 is 0 Å². The molecule has 14 heavy (non-hydrogen) atoms. The third-order valence-corrected chi connectivity index (χ3v) is 2.92. The molecular weight excluding hydrogens is 192 g/mol. The summed E-state index contributed by atoms with van der Waals surface area (Å²) in [5.74, 6) is 0.477. The number of aromatic nitrogens is 1. The van der Waals surface area contributed by atoms with Crippen molar-refractivity contribution in [3.05, 3.63) is 16.1 Å². The third-order valence-electron chi connectivity index (χ3n) is 2.06. The Labute approximate surface area is 89.6 Å². The van der Waals surface area contributed by atoms with Gasteiger partial charge in [-0.25, -0.2) is 4.98 Å².